The molecule has 0 atom stereocenters. The lowest BCUT2D eigenvalue weighted by Crippen LogP contribution is -2.43. The Balaban J connectivity index is 2.08. The number of nitrogens with one attached hydrogen (secondary N) is 2. The van der Waals surface area contributed by atoms with Crippen molar-refractivity contribution in [3.05, 3.63) is 18.3 Å². The normalized spacial score (nSPS) is 19.4. The summed E-state index contributed by atoms with van der Waals surface area (Å²) < 4.78 is 27.5. The van der Waals surface area contributed by atoms with Gasteiger partial charge in [0.05, 0.1) is 0 Å². The van der Waals surface area contributed by atoms with Crippen LogP contribution in [0.15, 0.2) is 23.2 Å². The summed E-state index contributed by atoms with van der Waals surface area (Å²) in [5.74, 6) is 5.47. The zero-order valence-electron chi connectivity index (χ0n) is 12.5. The number of hydrogen-bond acceptors (Lipinski definition) is 6. The summed E-state index contributed by atoms with van der Waals surface area (Å²) in [6, 6.07) is 3.06. The highest BCUT2D eigenvalue weighted by Crippen LogP contribution is 2.30. The van der Waals surface area contributed by atoms with Gasteiger partial charge in [0.2, 0.25) is 10.0 Å². The first-order chi connectivity index (χ1) is 9.86. The second kappa shape index (κ2) is 6.27. The number of likely N-dealkylation sites (tertiary alicyclic amines) is 1. The average molecular weight is 313 g/mol. The topological polar surface area (TPSA) is 100 Å². The van der Waals surface area contributed by atoms with E-state index in [0.717, 1.165) is 25.9 Å². The first-order valence-corrected chi connectivity index (χ1v) is 8.44. The van der Waals surface area contributed by atoms with Crippen LogP contribution < -0.4 is 16.0 Å². The molecule has 118 valence electrons. The largest absolute Gasteiger partial charge is 0.307 e. The van der Waals surface area contributed by atoms with Crippen molar-refractivity contribution >= 4 is 15.8 Å². The number of nitrogen functional groups attached to an aromatic ring is 1. The highest BCUT2D eigenvalue weighted by atomic mass is 32.2. The van der Waals surface area contributed by atoms with Gasteiger partial charge in [0.1, 0.15) is 4.90 Å². The molecule has 0 unspecified atom stereocenters. The number of nitrogens with two attached hydrogens (primary N) is 1. The van der Waals surface area contributed by atoms with E-state index in [2.05, 4.69) is 34.0 Å². The van der Waals surface area contributed by atoms with Crippen molar-refractivity contribution < 1.29 is 8.42 Å². The molecule has 2 heterocycles. The summed E-state index contributed by atoms with van der Waals surface area (Å²) >= 11 is 0. The van der Waals surface area contributed by atoms with Gasteiger partial charge in [0, 0.05) is 12.7 Å². The van der Waals surface area contributed by atoms with Crippen molar-refractivity contribution in [2.75, 3.05) is 32.1 Å². The van der Waals surface area contributed by atoms with Gasteiger partial charge < -0.3 is 10.3 Å². The van der Waals surface area contributed by atoms with Gasteiger partial charge in [0.25, 0.3) is 0 Å². The van der Waals surface area contributed by atoms with Gasteiger partial charge in [-0.2, -0.15) is 0 Å². The number of hydrazine groups is 1. The zero-order chi connectivity index (χ0) is 15.5. The van der Waals surface area contributed by atoms with Crippen LogP contribution in [0.2, 0.25) is 0 Å². The summed E-state index contributed by atoms with van der Waals surface area (Å²) in [5, 5.41) is 0. The van der Waals surface area contributed by atoms with Gasteiger partial charge in [-0.25, -0.2) is 24.0 Å². The molecule has 0 aliphatic carbocycles. The average Bonchev–Trinajstić information content (AvgIpc) is 2.49. The Labute approximate surface area is 125 Å². The quantitative estimate of drug-likeness (QED) is 0.537. The van der Waals surface area contributed by atoms with Crippen molar-refractivity contribution in [3.8, 4) is 0 Å². The Bertz CT molecular complexity index is 582. The number of aromatic nitrogens is 1. The molecule has 21 heavy (non-hydrogen) atoms. The molecule has 1 saturated heterocycles. The van der Waals surface area contributed by atoms with Gasteiger partial charge >= 0.3 is 0 Å². The Morgan fingerprint density at radius 1 is 1.43 bits per heavy atom. The third-order valence-electron chi connectivity index (χ3n) is 4.08. The molecule has 0 radical (unpaired) electrons. The molecular formula is C13H23N5O2S. The minimum atomic E-state index is -3.62. The van der Waals surface area contributed by atoms with Crippen molar-refractivity contribution in [2.24, 2.45) is 11.3 Å². The first-order valence-electron chi connectivity index (χ1n) is 6.96. The zero-order valence-corrected chi connectivity index (χ0v) is 13.3. The highest BCUT2D eigenvalue weighted by molar-refractivity contribution is 7.89. The monoisotopic (exact) mass is 313 g/mol. The number of hydrogen-bond donors (Lipinski definition) is 3. The van der Waals surface area contributed by atoms with E-state index in [1.807, 2.05) is 0 Å². The van der Waals surface area contributed by atoms with Gasteiger partial charge in [-0.05, 0) is 50.5 Å². The van der Waals surface area contributed by atoms with Crippen molar-refractivity contribution in [2.45, 2.75) is 24.7 Å². The molecule has 8 heteroatoms. The van der Waals surface area contributed by atoms with Crippen LogP contribution in [0.25, 0.3) is 0 Å². The third kappa shape index (κ3) is 3.91. The first kappa shape index (κ1) is 16.2. The van der Waals surface area contributed by atoms with E-state index in [4.69, 9.17) is 5.84 Å². The molecule has 4 N–H and O–H groups in total. The fourth-order valence-corrected chi connectivity index (χ4v) is 3.72. The third-order valence-corrected chi connectivity index (χ3v) is 5.51. The maximum Gasteiger partial charge on any atom is 0.244 e. The van der Waals surface area contributed by atoms with Crippen LogP contribution in [0.1, 0.15) is 19.8 Å². The van der Waals surface area contributed by atoms with E-state index in [-0.39, 0.29) is 16.1 Å². The van der Waals surface area contributed by atoms with Gasteiger partial charge in [-0.15, -0.1) is 0 Å². The summed E-state index contributed by atoms with van der Waals surface area (Å²) in [4.78, 5) is 6.25. The fraction of sp³-hybridized carbons (Fsp3) is 0.615. The second-order valence-corrected chi connectivity index (χ2v) is 7.67. The highest BCUT2D eigenvalue weighted by Gasteiger charge is 2.31. The lowest BCUT2D eigenvalue weighted by Gasteiger charge is -2.37. The molecule has 7 nitrogen and oxygen atoms in total. The van der Waals surface area contributed by atoms with Gasteiger partial charge in [-0.3, -0.25) is 0 Å². The number of nitrogens with zero attached hydrogens (tertiary/aromatic N) is 2. The molecule has 0 saturated carbocycles. The maximum absolute atomic E-state index is 12.4. The van der Waals surface area contributed by atoms with Gasteiger partial charge in [0.15, 0.2) is 5.82 Å². The van der Waals surface area contributed by atoms with Crippen molar-refractivity contribution in [1.82, 2.24) is 14.6 Å². The molecule has 2 rings (SSSR count). The van der Waals surface area contributed by atoms with E-state index >= 15 is 0 Å². The lowest BCUT2D eigenvalue weighted by molar-refractivity contribution is 0.143. The smallest absolute Gasteiger partial charge is 0.244 e. The Hall–Kier alpha value is -1.22. The van der Waals surface area contributed by atoms with E-state index in [1.54, 1.807) is 6.07 Å². The summed E-state index contributed by atoms with van der Waals surface area (Å²) in [6.07, 6.45) is 3.44. The van der Waals surface area contributed by atoms with Crippen molar-refractivity contribution in [3.63, 3.8) is 0 Å². The fourth-order valence-electron chi connectivity index (χ4n) is 2.40. The number of rotatable bonds is 5. The number of sulfonamides is 1. The minimum absolute atomic E-state index is 0.0158. The van der Waals surface area contributed by atoms with Crippen LogP contribution in [0.3, 0.4) is 0 Å². The number of piperidine rings is 1. The van der Waals surface area contributed by atoms with E-state index in [9.17, 15) is 8.42 Å². The van der Waals surface area contributed by atoms with E-state index < -0.39 is 10.0 Å². The molecule has 0 amide bonds. The summed E-state index contributed by atoms with van der Waals surface area (Å²) in [5.41, 5.74) is 2.30. The molecule has 0 bridgehead atoms. The molecule has 0 spiro atoms. The van der Waals surface area contributed by atoms with Crippen LogP contribution in [0, 0.1) is 5.41 Å². The standard InChI is InChI=1S/C13H23N5O2S/c1-13(5-8-18(2)9-6-13)10-16-21(19,20)11-4-3-7-15-12(11)17-14/h3-4,7,16H,5-6,8-10,14H2,1-2H3,(H,15,17). The Kier molecular flexibility index (Phi) is 4.82. The van der Waals surface area contributed by atoms with Crippen LogP contribution >= 0.6 is 0 Å². The van der Waals surface area contributed by atoms with Crippen LogP contribution in [0.4, 0.5) is 5.82 Å². The summed E-state index contributed by atoms with van der Waals surface area (Å²) in [7, 11) is -1.54. The predicted molar refractivity (Wildman–Crippen MR) is 82.1 cm³/mol. The van der Waals surface area contributed by atoms with Crippen LogP contribution in [0.5, 0.6) is 0 Å². The SMILES string of the molecule is CN1CCC(C)(CNS(=O)(=O)c2cccnc2NN)CC1. The van der Waals surface area contributed by atoms with Crippen molar-refractivity contribution in [1.29, 1.82) is 0 Å². The van der Waals surface area contributed by atoms with Crippen LogP contribution in [-0.2, 0) is 10.0 Å². The number of pyridine rings is 1. The molecular weight excluding hydrogens is 290 g/mol. The van der Waals surface area contributed by atoms with E-state index in [1.165, 1.54) is 12.3 Å². The molecule has 1 aliphatic heterocycles. The Morgan fingerprint density at radius 2 is 2.10 bits per heavy atom. The summed E-state index contributed by atoms with van der Waals surface area (Å²) in [6.45, 7) is 4.51. The predicted octanol–water partition coefficient (Wildman–Crippen LogP) is 0.377. The minimum Gasteiger partial charge on any atom is -0.307 e. The second-order valence-electron chi connectivity index (χ2n) is 5.93. The molecule has 1 fully saturated rings. The lowest BCUT2D eigenvalue weighted by atomic mass is 9.81. The molecule has 1 aromatic heterocycles. The molecule has 0 aromatic carbocycles. The number of anilines is 1. The van der Waals surface area contributed by atoms with E-state index in [0.29, 0.717) is 6.54 Å². The maximum atomic E-state index is 12.4. The molecule has 1 aliphatic rings. The Morgan fingerprint density at radius 3 is 2.71 bits per heavy atom. The van der Waals surface area contributed by atoms with Crippen LogP contribution in [-0.4, -0.2) is 45.0 Å². The van der Waals surface area contributed by atoms with Gasteiger partial charge in [-0.1, -0.05) is 6.92 Å². The molecule has 1 aromatic rings.